The highest BCUT2D eigenvalue weighted by Crippen LogP contribution is 2.55. The van der Waals surface area contributed by atoms with Gasteiger partial charge in [-0.15, -0.1) is 0 Å². The van der Waals surface area contributed by atoms with Gasteiger partial charge in [0.05, 0.1) is 12.2 Å². The molecule has 3 fully saturated rings. The summed E-state index contributed by atoms with van der Waals surface area (Å²) < 4.78 is 11.9. The largest absolute Gasteiger partial charge is 0.344 e. The van der Waals surface area contributed by atoms with Gasteiger partial charge in [-0.3, -0.25) is 0 Å². The van der Waals surface area contributed by atoms with E-state index < -0.39 is 0 Å². The molecule has 2 bridgehead atoms. The lowest BCUT2D eigenvalue weighted by molar-refractivity contribution is -0.157. The quantitative estimate of drug-likeness (QED) is 0.685. The lowest BCUT2D eigenvalue weighted by atomic mass is 9.85. The van der Waals surface area contributed by atoms with Crippen molar-refractivity contribution < 1.29 is 9.47 Å². The topological polar surface area (TPSA) is 44.5 Å². The molecule has 3 heteroatoms. The zero-order valence-electron chi connectivity index (χ0n) is 8.90. The summed E-state index contributed by atoms with van der Waals surface area (Å²) in [5.74, 6) is 1.69. The number of hydrogen-bond acceptors (Lipinski definition) is 3. The van der Waals surface area contributed by atoms with Crippen LogP contribution in [0.3, 0.4) is 0 Å². The van der Waals surface area contributed by atoms with Crippen LogP contribution in [0.2, 0.25) is 0 Å². The zero-order valence-corrected chi connectivity index (χ0v) is 8.90. The SMILES string of the molecule is CC1(C)O[C@@H]2[C@@H]3C[C@@H](C[C@@H]3CN)[C@@H]2O1. The van der Waals surface area contributed by atoms with Gasteiger partial charge in [-0.05, 0) is 51.0 Å². The van der Waals surface area contributed by atoms with Gasteiger partial charge in [-0.25, -0.2) is 0 Å². The third-order valence-corrected chi connectivity index (χ3v) is 4.14. The van der Waals surface area contributed by atoms with Crippen molar-refractivity contribution in [1.82, 2.24) is 0 Å². The predicted octanol–water partition coefficient (Wildman–Crippen LogP) is 1.12. The Morgan fingerprint density at radius 2 is 1.93 bits per heavy atom. The first-order valence-corrected chi connectivity index (χ1v) is 5.66. The summed E-state index contributed by atoms with van der Waals surface area (Å²) in [6.07, 6.45) is 3.21. The lowest BCUT2D eigenvalue weighted by Crippen LogP contribution is -2.37. The van der Waals surface area contributed by atoms with Crippen LogP contribution < -0.4 is 5.73 Å². The number of nitrogens with two attached hydrogens (primary N) is 1. The standard InChI is InChI=1S/C11H19NO2/c1-11(2)13-9-6-3-7(5-12)8(4-6)10(9)14-11/h6-10H,3-5,12H2,1-2H3/t6-,7-,8-,9+,10-/m1/s1. The second kappa shape index (κ2) is 2.71. The van der Waals surface area contributed by atoms with Crippen molar-refractivity contribution >= 4 is 0 Å². The molecule has 3 rings (SSSR count). The third-order valence-electron chi connectivity index (χ3n) is 4.14. The van der Waals surface area contributed by atoms with Gasteiger partial charge in [0, 0.05) is 0 Å². The minimum absolute atomic E-state index is 0.331. The molecular formula is C11H19NO2. The van der Waals surface area contributed by atoms with E-state index in [0.717, 1.165) is 6.54 Å². The molecule has 80 valence electrons. The maximum absolute atomic E-state index is 5.96. The number of fused-ring (bicyclic) bond motifs is 5. The maximum Gasteiger partial charge on any atom is 0.163 e. The van der Waals surface area contributed by atoms with Crippen molar-refractivity contribution in [3.8, 4) is 0 Å². The second-order valence-electron chi connectivity index (χ2n) is 5.46. The average molecular weight is 197 g/mol. The molecule has 1 saturated heterocycles. The summed E-state index contributed by atoms with van der Waals surface area (Å²) in [6, 6.07) is 0. The van der Waals surface area contributed by atoms with Crippen LogP contribution in [0.25, 0.3) is 0 Å². The van der Waals surface area contributed by atoms with E-state index in [-0.39, 0.29) is 5.79 Å². The molecule has 0 aromatic rings. The minimum Gasteiger partial charge on any atom is -0.344 e. The van der Waals surface area contributed by atoms with Gasteiger partial charge in [0.25, 0.3) is 0 Å². The molecular weight excluding hydrogens is 178 g/mol. The molecule has 2 N–H and O–H groups in total. The Kier molecular flexibility index (Phi) is 1.77. The fourth-order valence-corrected chi connectivity index (χ4v) is 3.66. The van der Waals surface area contributed by atoms with Gasteiger partial charge >= 0.3 is 0 Å². The highest BCUT2D eigenvalue weighted by molar-refractivity contribution is 5.06. The third kappa shape index (κ3) is 1.09. The first-order valence-electron chi connectivity index (χ1n) is 5.66. The van der Waals surface area contributed by atoms with Crippen LogP contribution in [0.1, 0.15) is 26.7 Å². The van der Waals surface area contributed by atoms with E-state index in [9.17, 15) is 0 Å². The van der Waals surface area contributed by atoms with Crippen LogP contribution in [0.5, 0.6) is 0 Å². The van der Waals surface area contributed by atoms with E-state index in [4.69, 9.17) is 15.2 Å². The average Bonchev–Trinajstić information content (AvgIpc) is 2.70. The van der Waals surface area contributed by atoms with Crippen LogP contribution in [0.4, 0.5) is 0 Å². The van der Waals surface area contributed by atoms with Crippen LogP contribution in [0, 0.1) is 17.8 Å². The molecule has 0 amide bonds. The number of ether oxygens (including phenoxy) is 2. The van der Waals surface area contributed by atoms with E-state index in [2.05, 4.69) is 0 Å². The molecule has 0 unspecified atom stereocenters. The summed E-state index contributed by atoms with van der Waals surface area (Å²) in [5, 5.41) is 0. The van der Waals surface area contributed by atoms with E-state index in [1.54, 1.807) is 0 Å². The summed E-state index contributed by atoms with van der Waals surface area (Å²) in [5.41, 5.74) is 5.77. The first kappa shape index (κ1) is 9.13. The summed E-state index contributed by atoms with van der Waals surface area (Å²) >= 11 is 0. The van der Waals surface area contributed by atoms with Crippen LogP contribution in [-0.2, 0) is 9.47 Å². The molecule has 1 heterocycles. The Balaban J connectivity index is 1.82. The summed E-state index contributed by atoms with van der Waals surface area (Å²) in [6.45, 7) is 4.85. The van der Waals surface area contributed by atoms with Crippen LogP contribution in [0.15, 0.2) is 0 Å². The molecule has 2 saturated carbocycles. The molecule has 1 aliphatic heterocycles. The Morgan fingerprint density at radius 3 is 2.64 bits per heavy atom. The Bertz CT molecular complexity index is 252. The summed E-state index contributed by atoms with van der Waals surface area (Å²) in [4.78, 5) is 0. The van der Waals surface area contributed by atoms with Crippen molar-refractivity contribution in [2.75, 3.05) is 6.54 Å². The van der Waals surface area contributed by atoms with Gasteiger partial charge in [-0.1, -0.05) is 0 Å². The molecule has 5 atom stereocenters. The van der Waals surface area contributed by atoms with Crippen molar-refractivity contribution in [3.05, 3.63) is 0 Å². The zero-order chi connectivity index (χ0) is 9.92. The Morgan fingerprint density at radius 1 is 1.21 bits per heavy atom. The second-order valence-corrected chi connectivity index (χ2v) is 5.46. The predicted molar refractivity (Wildman–Crippen MR) is 52.6 cm³/mol. The van der Waals surface area contributed by atoms with E-state index >= 15 is 0 Å². The summed E-state index contributed by atoms with van der Waals surface area (Å²) in [7, 11) is 0. The Hall–Kier alpha value is -0.120. The highest BCUT2D eigenvalue weighted by Gasteiger charge is 2.59. The number of hydrogen-bond donors (Lipinski definition) is 1. The van der Waals surface area contributed by atoms with E-state index in [1.807, 2.05) is 13.8 Å². The van der Waals surface area contributed by atoms with E-state index in [0.29, 0.717) is 30.0 Å². The molecule has 3 aliphatic rings. The lowest BCUT2D eigenvalue weighted by Gasteiger charge is -2.28. The van der Waals surface area contributed by atoms with Crippen LogP contribution in [-0.4, -0.2) is 24.5 Å². The van der Waals surface area contributed by atoms with Crippen LogP contribution >= 0.6 is 0 Å². The molecule has 14 heavy (non-hydrogen) atoms. The molecule has 0 aromatic heterocycles. The molecule has 0 spiro atoms. The molecule has 3 nitrogen and oxygen atoms in total. The van der Waals surface area contributed by atoms with Crippen molar-refractivity contribution in [2.24, 2.45) is 23.5 Å². The fourth-order valence-electron chi connectivity index (χ4n) is 3.66. The fraction of sp³-hybridized carbons (Fsp3) is 1.00. The number of rotatable bonds is 1. The van der Waals surface area contributed by atoms with E-state index in [1.165, 1.54) is 12.8 Å². The molecule has 0 radical (unpaired) electrons. The van der Waals surface area contributed by atoms with Gasteiger partial charge in [0.2, 0.25) is 0 Å². The van der Waals surface area contributed by atoms with Crippen molar-refractivity contribution in [3.63, 3.8) is 0 Å². The molecule has 0 aromatic carbocycles. The van der Waals surface area contributed by atoms with Gasteiger partial charge in [0.15, 0.2) is 5.79 Å². The highest BCUT2D eigenvalue weighted by atomic mass is 16.8. The normalized spacial score (nSPS) is 53.8. The smallest absolute Gasteiger partial charge is 0.163 e. The van der Waals surface area contributed by atoms with Gasteiger partial charge in [-0.2, -0.15) is 0 Å². The Labute approximate surface area is 84.9 Å². The minimum atomic E-state index is -0.365. The van der Waals surface area contributed by atoms with Crippen molar-refractivity contribution in [2.45, 2.75) is 44.7 Å². The van der Waals surface area contributed by atoms with Gasteiger partial charge in [0.1, 0.15) is 0 Å². The maximum atomic E-state index is 5.96. The molecule has 2 aliphatic carbocycles. The monoisotopic (exact) mass is 197 g/mol. The van der Waals surface area contributed by atoms with Gasteiger partial charge < -0.3 is 15.2 Å². The first-order chi connectivity index (χ1) is 6.61. The van der Waals surface area contributed by atoms with Crippen molar-refractivity contribution in [1.29, 1.82) is 0 Å².